The van der Waals surface area contributed by atoms with E-state index in [9.17, 15) is 0 Å². The summed E-state index contributed by atoms with van der Waals surface area (Å²) in [7, 11) is 0. The van der Waals surface area contributed by atoms with Gasteiger partial charge in [-0.1, -0.05) is 91.9 Å². The molecular formula is C21H20. The third-order valence-electron chi connectivity index (χ3n) is 4.01. The van der Waals surface area contributed by atoms with Gasteiger partial charge in [-0.3, -0.25) is 0 Å². The summed E-state index contributed by atoms with van der Waals surface area (Å²) in [5, 5.41) is 0. The van der Waals surface area contributed by atoms with E-state index < -0.39 is 0 Å². The fourth-order valence-electron chi connectivity index (χ4n) is 2.91. The minimum Gasteiger partial charge on any atom is -0.0645 e. The topological polar surface area (TPSA) is 0 Å². The monoisotopic (exact) mass is 272 g/mol. The van der Waals surface area contributed by atoms with E-state index in [1.807, 2.05) is 0 Å². The first-order chi connectivity index (χ1) is 10.4. The van der Waals surface area contributed by atoms with Gasteiger partial charge >= 0.3 is 0 Å². The summed E-state index contributed by atoms with van der Waals surface area (Å²) in [5.41, 5.74) is 5.36. The average molecular weight is 272 g/mol. The Labute approximate surface area is 127 Å². The molecule has 0 fully saturated rings. The van der Waals surface area contributed by atoms with Crippen LogP contribution in [0.2, 0.25) is 0 Å². The molecule has 1 atom stereocenters. The van der Waals surface area contributed by atoms with Gasteiger partial charge in [0.05, 0.1) is 0 Å². The molecule has 0 saturated heterocycles. The van der Waals surface area contributed by atoms with E-state index >= 15 is 0 Å². The van der Waals surface area contributed by atoms with E-state index in [0.717, 1.165) is 6.42 Å². The van der Waals surface area contributed by atoms with Crippen molar-refractivity contribution < 1.29 is 0 Å². The quantitative estimate of drug-likeness (QED) is 0.555. The molecule has 0 aliphatic rings. The Kier molecular flexibility index (Phi) is 4.16. The predicted octanol–water partition coefficient (Wildman–Crippen LogP) is 5.90. The van der Waals surface area contributed by atoms with Crippen molar-refractivity contribution in [1.82, 2.24) is 0 Å². The van der Waals surface area contributed by atoms with Crippen LogP contribution in [0.25, 0.3) is 11.1 Å². The molecule has 0 bridgehead atoms. The largest absolute Gasteiger partial charge is 0.0645 e. The van der Waals surface area contributed by atoms with E-state index in [1.165, 1.54) is 22.3 Å². The van der Waals surface area contributed by atoms with Crippen LogP contribution >= 0.6 is 0 Å². The first kappa shape index (κ1) is 13.6. The maximum Gasteiger partial charge on any atom is 0.00869 e. The Morgan fingerprint density at radius 1 is 0.619 bits per heavy atom. The Morgan fingerprint density at radius 2 is 1.19 bits per heavy atom. The van der Waals surface area contributed by atoms with Crippen LogP contribution in [0, 0.1) is 0 Å². The summed E-state index contributed by atoms with van der Waals surface area (Å²) in [6.45, 7) is 2.26. The SMILES string of the molecule is CCC(c1ccccc1)c1cccc(-c2ccccc2)c1. The second-order valence-electron chi connectivity index (χ2n) is 5.36. The summed E-state index contributed by atoms with van der Waals surface area (Å²) in [6.07, 6.45) is 1.11. The van der Waals surface area contributed by atoms with Gasteiger partial charge in [-0.15, -0.1) is 0 Å². The van der Waals surface area contributed by atoms with Gasteiger partial charge < -0.3 is 0 Å². The van der Waals surface area contributed by atoms with Crippen molar-refractivity contribution in [2.45, 2.75) is 19.3 Å². The molecule has 0 radical (unpaired) electrons. The van der Waals surface area contributed by atoms with Gasteiger partial charge in [-0.2, -0.15) is 0 Å². The zero-order chi connectivity index (χ0) is 14.5. The van der Waals surface area contributed by atoms with Gasteiger partial charge in [0.2, 0.25) is 0 Å². The zero-order valence-corrected chi connectivity index (χ0v) is 12.4. The molecule has 3 aromatic carbocycles. The smallest absolute Gasteiger partial charge is 0.00869 e. The standard InChI is InChI=1S/C21H20/c1-2-21(18-12-7-4-8-13-18)20-15-9-14-19(16-20)17-10-5-3-6-11-17/h3-16,21H,2H2,1H3. The molecule has 0 heteroatoms. The Hall–Kier alpha value is -2.34. The molecule has 0 N–H and O–H groups in total. The van der Waals surface area contributed by atoms with E-state index in [2.05, 4.69) is 91.9 Å². The van der Waals surface area contributed by atoms with Gasteiger partial charge in [0.1, 0.15) is 0 Å². The molecule has 0 aromatic heterocycles. The van der Waals surface area contributed by atoms with Crippen molar-refractivity contribution in [3.63, 3.8) is 0 Å². The maximum atomic E-state index is 2.33. The minimum absolute atomic E-state index is 0.467. The third kappa shape index (κ3) is 3.05. The fraction of sp³-hybridized carbons (Fsp3) is 0.143. The first-order valence-corrected chi connectivity index (χ1v) is 7.59. The lowest BCUT2D eigenvalue weighted by Crippen LogP contribution is -1.99. The molecule has 0 amide bonds. The molecule has 0 nitrogen and oxygen atoms in total. The molecule has 0 heterocycles. The number of hydrogen-bond acceptors (Lipinski definition) is 0. The van der Waals surface area contributed by atoms with Crippen LogP contribution in [-0.4, -0.2) is 0 Å². The lowest BCUT2D eigenvalue weighted by molar-refractivity contribution is 0.777. The highest BCUT2D eigenvalue weighted by molar-refractivity contribution is 5.64. The predicted molar refractivity (Wildman–Crippen MR) is 90.5 cm³/mol. The molecule has 0 spiro atoms. The minimum atomic E-state index is 0.467. The summed E-state index contributed by atoms with van der Waals surface area (Å²) in [6, 6.07) is 30.3. The summed E-state index contributed by atoms with van der Waals surface area (Å²) < 4.78 is 0. The molecule has 104 valence electrons. The van der Waals surface area contributed by atoms with Gasteiger partial charge in [-0.25, -0.2) is 0 Å². The second-order valence-corrected chi connectivity index (χ2v) is 5.36. The lowest BCUT2D eigenvalue weighted by Gasteiger charge is -2.17. The van der Waals surface area contributed by atoms with Crippen LogP contribution in [-0.2, 0) is 0 Å². The summed E-state index contributed by atoms with van der Waals surface area (Å²) >= 11 is 0. The summed E-state index contributed by atoms with van der Waals surface area (Å²) in [5.74, 6) is 0.467. The highest BCUT2D eigenvalue weighted by Crippen LogP contribution is 2.30. The van der Waals surface area contributed by atoms with Crippen LogP contribution in [0.15, 0.2) is 84.9 Å². The van der Waals surface area contributed by atoms with Gasteiger partial charge in [0.15, 0.2) is 0 Å². The molecular weight excluding hydrogens is 252 g/mol. The number of hydrogen-bond donors (Lipinski definition) is 0. The molecule has 0 saturated carbocycles. The van der Waals surface area contributed by atoms with Crippen molar-refractivity contribution in [2.75, 3.05) is 0 Å². The molecule has 3 rings (SSSR count). The number of benzene rings is 3. The second kappa shape index (κ2) is 6.41. The normalized spacial score (nSPS) is 12.0. The fourth-order valence-corrected chi connectivity index (χ4v) is 2.91. The van der Waals surface area contributed by atoms with Crippen LogP contribution in [0.1, 0.15) is 30.4 Å². The van der Waals surface area contributed by atoms with Crippen molar-refractivity contribution in [3.8, 4) is 11.1 Å². The Morgan fingerprint density at radius 3 is 1.86 bits per heavy atom. The highest BCUT2D eigenvalue weighted by atomic mass is 14.2. The average Bonchev–Trinajstić information content (AvgIpc) is 2.58. The Balaban J connectivity index is 1.99. The Bertz CT molecular complexity index is 683. The first-order valence-electron chi connectivity index (χ1n) is 7.59. The maximum absolute atomic E-state index is 2.33. The van der Waals surface area contributed by atoms with Crippen molar-refractivity contribution in [3.05, 3.63) is 96.1 Å². The molecule has 0 aliphatic heterocycles. The number of rotatable bonds is 4. The summed E-state index contributed by atoms with van der Waals surface area (Å²) in [4.78, 5) is 0. The molecule has 0 aliphatic carbocycles. The van der Waals surface area contributed by atoms with Gasteiger partial charge in [-0.05, 0) is 28.7 Å². The molecule has 1 unspecified atom stereocenters. The van der Waals surface area contributed by atoms with Crippen molar-refractivity contribution in [1.29, 1.82) is 0 Å². The van der Waals surface area contributed by atoms with E-state index in [-0.39, 0.29) is 0 Å². The zero-order valence-electron chi connectivity index (χ0n) is 12.4. The van der Waals surface area contributed by atoms with Crippen molar-refractivity contribution in [2.24, 2.45) is 0 Å². The van der Waals surface area contributed by atoms with E-state index in [0.29, 0.717) is 5.92 Å². The van der Waals surface area contributed by atoms with Crippen LogP contribution < -0.4 is 0 Å². The highest BCUT2D eigenvalue weighted by Gasteiger charge is 2.12. The van der Waals surface area contributed by atoms with Crippen LogP contribution in [0.4, 0.5) is 0 Å². The molecule has 3 aromatic rings. The van der Waals surface area contributed by atoms with Crippen LogP contribution in [0.5, 0.6) is 0 Å². The molecule has 21 heavy (non-hydrogen) atoms. The van der Waals surface area contributed by atoms with Crippen LogP contribution in [0.3, 0.4) is 0 Å². The third-order valence-corrected chi connectivity index (χ3v) is 4.01. The van der Waals surface area contributed by atoms with E-state index in [1.54, 1.807) is 0 Å². The van der Waals surface area contributed by atoms with Crippen molar-refractivity contribution >= 4 is 0 Å². The van der Waals surface area contributed by atoms with E-state index in [4.69, 9.17) is 0 Å². The lowest BCUT2D eigenvalue weighted by atomic mass is 9.87. The van der Waals surface area contributed by atoms with Gasteiger partial charge in [0, 0.05) is 5.92 Å². The van der Waals surface area contributed by atoms with Gasteiger partial charge in [0.25, 0.3) is 0 Å².